The first kappa shape index (κ1) is 15.4. The molecule has 0 saturated carbocycles. The van der Waals surface area contributed by atoms with Crippen molar-refractivity contribution in [3.63, 3.8) is 0 Å². The largest absolute Gasteiger partial charge is 0.351 e. The molecule has 4 nitrogen and oxygen atoms in total. The Balaban J connectivity index is 1.42. The molecule has 25 heavy (non-hydrogen) atoms. The van der Waals surface area contributed by atoms with E-state index < -0.39 is 0 Å². The third kappa shape index (κ3) is 2.83. The lowest BCUT2D eigenvalue weighted by molar-refractivity contribution is 0.377. The van der Waals surface area contributed by atoms with Gasteiger partial charge in [0.15, 0.2) is 0 Å². The summed E-state index contributed by atoms with van der Waals surface area (Å²) >= 11 is 6.44. The lowest BCUT2D eigenvalue weighted by atomic mass is 10.00. The lowest BCUT2D eigenvalue weighted by Crippen LogP contribution is -2.43. The van der Waals surface area contributed by atoms with E-state index in [0.717, 1.165) is 30.5 Å². The van der Waals surface area contributed by atoms with Gasteiger partial charge in [0, 0.05) is 23.7 Å². The van der Waals surface area contributed by atoms with Crippen LogP contribution in [0.5, 0.6) is 0 Å². The van der Waals surface area contributed by atoms with Gasteiger partial charge in [-0.25, -0.2) is 9.97 Å². The zero-order chi connectivity index (χ0) is 16.8. The van der Waals surface area contributed by atoms with Gasteiger partial charge >= 0.3 is 0 Å². The minimum absolute atomic E-state index is 0.442. The van der Waals surface area contributed by atoms with Crippen LogP contribution in [0.1, 0.15) is 42.5 Å². The van der Waals surface area contributed by atoms with Gasteiger partial charge < -0.3 is 10.6 Å². The van der Waals surface area contributed by atoms with Crippen molar-refractivity contribution in [1.29, 1.82) is 0 Å². The molecular formula is C20H21ClN4. The normalized spacial score (nSPS) is 27.1. The number of piperidine rings is 1. The first-order valence-corrected chi connectivity index (χ1v) is 9.48. The minimum Gasteiger partial charge on any atom is -0.351 e. The van der Waals surface area contributed by atoms with Crippen molar-refractivity contribution in [3.8, 4) is 0 Å². The van der Waals surface area contributed by atoms with E-state index in [1.807, 2.05) is 0 Å². The molecule has 0 spiro atoms. The smallest absolute Gasteiger partial charge is 0.223 e. The average Bonchev–Trinajstić information content (AvgIpc) is 3.20. The highest BCUT2D eigenvalue weighted by Crippen LogP contribution is 2.35. The molecule has 3 atom stereocenters. The van der Waals surface area contributed by atoms with Crippen molar-refractivity contribution in [3.05, 3.63) is 58.4 Å². The molecule has 3 heterocycles. The number of hydrogen-bond donors (Lipinski definition) is 2. The van der Waals surface area contributed by atoms with Crippen LogP contribution in [0.4, 0.5) is 5.95 Å². The van der Waals surface area contributed by atoms with Crippen LogP contribution in [-0.2, 0) is 6.42 Å². The Hall–Kier alpha value is -1.91. The Morgan fingerprint density at radius 1 is 1.12 bits per heavy atom. The monoisotopic (exact) mass is 352 g/mol. The van der Waals surface area contributed by atoms with Crippen LogP contribution < -0.4 is 10.6 Å². The number of aromatic nitrogens is 2. The fourth-order valence-electron chi connectivity index (χ4n) is 4.49. The van der Waals surface area contributed by atoms with Crippen molar-refractivity contribution in [2.24, 2.45) is 0 Å². The molecule has 1 aromatic heterocycles. The molecule has 128 valence electrons. The number of allylic oxidation sites excluding steroid dienone is 1. The van der Waals surface area contributed by atoms with E-state index in [0.29, 0.717) is 29.1 Å². The van der Waals surface area contributed by atoms with Crippen molar-refractivity contribution < 1.29 is 0 Å². The summed E-state index contributed by atoms with van der Waals surface area (Å²) < 4.78 is 0. The number of anilines is 1. The zero-order valence-electron chi connectivity index (χ0n) is 14.0. The molecular weight excluding hydrogens is 332 g/mol. The first-order chi connectivity index (χ1) is 12.3. The Morgan fingerprint density at radius 3 is 2.76 bits per heavy atom. The van der Waals surface area contributed by atoms with Crippen LogP contribution in [0.2, 0.25) is 5.02 Å². The predicted molar refractivity (Wildman–Crippen MR) is 101 cm³/mol. The lowest BCUT2D eigenvalue weighted by Gasteiger charge is -2.29. The van der Waals surface area contributed by atoms with E-state index in [9.17, 15) is 0 Å². The van der Waals surface area contributed by atoms with Gasteiger partial charge in [0.1, 0.15) is 0 Å². The third-order valence-corrected chi connectivity index (χ3v) is 5.92. The highest BCUT2D eigenvalue weighted by Gasteiger charge is 2.33. The highest BCUT2D eigenvalue weighted by molar-refractivity contribution is 6.32. The number of nitrogens with zero attached hydrogens (tertiary/aromatic N) is 2. The molecule has 2 bridgehead atoms. The standard InChI is InChI=1S/C20H21ClN4/c21-18-11-22-20(24-15-9-13-6-7-14(10-15)23-13)25-19(18)17-8-5-12-3-1-2-4-16(12)17/h1-4,8,11,13-15,23H,5-7,9-10H2,(H,22,24,25)/t13-,14+,15+. The SMILES string of the molecule is Clc1cnc(N[C@H]2C[C@H]3CC[C@@H](C2)N3)nc1C1=CCc2ccccc21. The van der Waals surface area contributed by atoms with E-state index in [4.69, 9.17) is 16.6 Å². The van der Waals surface area contributed by atoms with Crippen molar-refractivity contribution in [1.82, 2.24) is 15.3 Å². The molecule has 2 aliphatic heterocycles. The highest BCUT2D eigenvalue weighted by atomic mass is 35.5. The van der Waals surface area contributed by atoms with Crippen LogP contribution >= 0.6 is 11.6 Å². The topological polar surface area (TPSA) is 49.8 Å². The predicted octanol–water partition coefficient (Wildman–Crippen LogP) is 3.81. The molecule has 2 aromatic rings. The number of halogens is 1. The summed E-state index contributed by atoms with van der Waals surface area (Å²) in [6.45, 7) is 0. The molecule has 1 aromatic carbocycles. The minimum atomic E-state index is 0.442. The van der Waals surface area contributed by atoms with Gasteiger partial charge in [0.05, 0.1) is 16.9 Å². The zero-order valence-corrected chi connectivity index (χ0v) is 14.8. The van der Waals surface area contributed by atoms with Crippen LogP contribution in [0.25, 0.3) is 5.57 Å². The van der Waals surface area contributed by atoms with Gasteiger partial charge in [0.2, 0.25) is 5.95 Å². The maximum absolute atomic E-state index is 6.44. The van der Waals surface area contributed by atoms with Gasteiger partial charge in [-0.2, -0.15) is 0 Å². The van der Waals surface area contributed by atoms with Crippen LogP contribution in [0, 0.1) is 0 Å². The maximum atomic E-state index is 6.44. The van der Waals surface area contributed by atoms with Crippen molar-refractivity contribution in [2.45, 2.75) is 50.2 Å². The van der Waals surface area contributed by atoms with Crippen molar-refractivity contribution >= 4 is 23.1 Å². The first-order valence-electron chi connectivity index (χ1n) is 9.10. The number of nitrogens with one attached hydrogen (secondary N) is 2. The van der Waals surface area contributed by atoms with E-state index in [2.05, 4.69) is 46.0 Å². The summed E-state index contributed by atoms with van der Waals surface area (Å²) in [7, 11) is 0. The molecule has 0 amide bonds. The number of rotatable bonds is 3. The Morgan fingerprint density at radius 2 is 1.92 bits per heavy atom. The third-order valence-electron chi connectivity index (χ3n) is 5.64. The summed E-state index contributed by atoms with van der Waals surface area (Å²) in [5.74, 6) is 0.691. The van der Waals surface area contributed by atoms with Crippen LogP contribution in [-0.4, -0.2) is 28.1 Å². The summed E-state index contributed by atoms with van der Waals surface area (Å²) in [5.41, 5.74) is 4.52. The second kappa shape index (κ2) is 6.11. The van der Waals surface area contributed by atoms with E-state index >= 15 is 0 Å². The van der Waals surface area contributed by atoms with E-state index in [1.54, 1.807) is 6.20 Å². The summed E-state index contributed by atoms with van der Waals surface area (Å²) in [5, 5.41) is 7.83. The van der Waals surface area contributed by atoms with Crippen LogP contribution in [0.3, 0.4) is 0 Å². The fraction of sp³-hybridized carbons (Fsp3) is 0.400. The molecule has 0 unspecified atom stereocenters. The molecule has 3 aliphatic rings. The molecule has 0 radical (unpaired) electrons. The van der Waals surface area contributed by atoms with Crippen LogP contribution in [0.15, 0.2) is 36.5 Å². The van der Waals surface area contributed by atoms with Gasteiger partial charge in [-0.15, -0.1) is 0 Å². The number of hydrogen-bond acceptors (Lipinski definition) is 4. The fourth-order valence-corrected chi connectivity index (χ4v) is 4.68. The van der Waals surface area contributed by atoms with Gasteiger partial charge in [-0.1, -0.05) is 41.9 Å². The molecule has 2 N–H and O–H groups in total. The Labute approximate surface area is 152 Å². The molecule has 5 rings (SSSR count). The van der Waals surface area contributed by atoms with E-state index in [1.165, 1.54) is 24.0 Å². The van der Waals surface area contributed by atoms with Gasteiger partial charge in [0.25, 0.3) is 0 Å². The second-order valence-electron chi connectivity index (χ2n) is 7.32. The van der Waals surface area contributed by atoms with E-state index in [-0.39, 0.29) is 0 Å². The summed E-state index contributed by atoms with van der Waals surface area (Å²) in [4.78, 5) is 9.20. The van der Waals surface area contributed by atoms with Gasteiger partial charge in [-0.05, 0) is 43.2 Å². The maximum Gasteiger partial charge on any atom is 0.223 e. The average molecular weight is 353 g/mol. The number of benzene rings is 1. The van der Waals surface area contributed by atoms with Gasteiger partial charge in [-0.3, -0.25) is 0 Å². The number of fused-ring (bicyclic) bond motifs is 3. The quantitative estimate of drug-likeness (QED) is 0.881. The van der Waals surface area contributed by atoms with Crippen molar-refractivity contribution in [2.75, 3.05) is 5.32 Å². The molecule has 5 heteroatoms. The molecule has 2 fully saturated rings. The summed E-state index contributed by atoms with van der Waals surface area (Å²) in [6, 6.07) is 10.2. The Kier molecular flexibility index (Phi) is 3.75. The Bertz CT molecular complexity index is 835. The molecule has 1 aliphatic carbocycles. The second-order valence-corrected chi connectivity index (χ2v) is 7.73. The molecule has 2 saturated heterocycles. The summed E-state index contributed by atoms with van der Waals surface area (Å²) in [6.07, 6.45) is 9.74.